The summed E-state index contributed by atoms with van der Waals surface area (Å²) in [5, 5.41) is 9.25. The van der Waals surface area contributed by atoms with Crippen LogP contribution in [-0.2, 0) is 4.74 Å². The number of aliphatic hydroxyl groups is 1. The number of hydrogen-bond acceptors (Lipinski definition) is 3. The van der Waals surface area contributed by atoms with Crippen LogP contribution in [0.1, 0.15) is 33.6 Å². The molecule has 0 unspecified atom stereocenters. The molecule has 0 bridgehead atoms. The maximum atomic E-state index is 11.9. The summed E-state index contributed by atoms with van der Waals surface area (Å²) in [6, 6.07) is -0.159. The van der Waals surface area contributed by atoms with E-state index in [1.807, 2.05) is 32.9 Å². The molecule has 16 heavy (non-hydrogen) atoms. The number of rotatable bonds is 1. The Hall–Kier alpha value is -1.03. The van der Waals surface area contributed by atoms with Crippen LogP contribution in [0.3, 0.4) is 0 Å². The van der Waals surface area contributed by atoms with E-state index in [0.717, 1.165) is 6.42 Å². The molecule has 92 valence electrons. The average Bonchev–Trinajstić information content (AvgIpc) is 2.39. The summed E-state index contributed by atoms with van der Waals surface area (Å²) < 4.78 is 5.31. The van der Waals surface area contributed by atoms with Crippen molar-refractivity contribution < 1.29 is 14.6 Å². The van der Waals surface area contributed by atoms with E-state index in [1.165, 1.54) is 0 Å². The van der Waals surface area contributed by atoms with E-state index < -0.39 is 5.60 Å². The number of carbonyl (C=O) groups is 1. The van der Waals surface area contributed by atoms with Gasteiger partial charge in [0.1, 0.15) is 5.60 Å². The molecular weight excluding hydrogens is 206 g/mol. The van der Waals surface area contributed by atoms with Crippen LogP contribution in [0.5, 0.6) is 0 Å². The van der Waals surface area contributed by atoms with Gasteiger partial charge in [-0.2, -0.15) is 0 Å². The topological polar surface area (TPSA) is 49.8 Å². The summed E-state index contributed by atoms with van der Waals surface area (Å²) in [6.45, 7) is 6.11. The Morgan fingerprint density at radius 1 is 1.50 bits per heavy atom. The van der Waals surface area contributed by atoms with Gasteiger partial charge in [0.25, 0.3) is 0 Å². The fourth-order valence-electron chi connectivity index (χ4n) is 1.63. The molecule has 4 heteroatoms. The monoisotopic (exact) mass is 227 g/mol. The van der Waals surface area contributed by atoms with E-state index in [4.69, 9.17) is 4.74 Å². The van der Waals surface area contributed by atoms with E-state index in [0.29, 0.717) is 13.0 Å². The number of nitrogens with zero attached hydrogens (tertiary/aromatic N) is 1. The van der Waals surface area contributed by atoms with Crippen LogP contribution in [0.4, 0.5) is 4.79 Å². The Balaban J connectivity index is 2.65. The first kappa shape index (κ1) is 13.0. The third-order valence-corrected chi connectivity index (χ3v) is 2.39. The zero-order chi connectivity index (χ0) is 12.2. The van der Waals surface area contributed by atoms with Gasteiger partial charge >= 0.3 is 6.09 Å². The van der Waals surface area contributed by atoms with E-state index in [-0.39, 0.29) is 18.7 Å². The number of ether oxygens (including phenoxy) is 1. The number of hydrogen-bond donors (Lipinski definition) is 1. The van der Waals surface area contributed by atoms with Crippen molar-refractivity contribution in [2.24, 2.45) is 0 Å². The van der Waals surface area contributed by atoms with Gasteiger partial charge in [-0.05, 0) is 33.6 Å². The van der Waals surface area contributed by atoms with E-state index >= 15 is 0 Å². The molecule has 1 atom stereocenters. The minimum atomic E-state index is -0.489. The van der Waals surface area contributed by atoms with Crippen molar-refractivity contribution in [1.29, 1.82) is 0 Å². The molecule has 0 aromatic rings. The zero-order valence-corrected chi connectivity index (χ0v) is 10.3. The second-order valence-electron chi connectivity index (χ2n) is 5.01. The highest BCUT2D eigenvalue weighted by Crippen LogP contribution is 2.16. The Morgan fingerprint density at radius 3 is 2.75 bits per heavy atom. The van der Waals surface area contributed by atoms with Gasteiger partial charge in [-0.3, -0.25) is 0 Å². The van der Waals surface area contributed by atoms with Crippen molar-refractivity contribution in [3.8, 4) is 0 Å². The van der Waals surface area contributed by atoms with Gasteiger partial charge in [0, 0.05) is 6.54 Å². The third-order valence-electron chi connectivity index (χ3n) is 2.39. The lowest BCUT2D eigenvalue weighted by molar-refractivity contribution is 0.0107. The highest BCUT2D eigenvalue weighted by molar-refractivity contribution is 5.68. The normalized spacial score (nSPS) is 21.8. The summed E-state index contributed by atoms with van der Waals surface area (Å²) in [6.07, 6.45) is 5.21. The lowest BCUT2D eigenvalue weighted by Crippen LogP contribution is -2.44. The highest BCUT2D eigenvalue weighted by Gasteiger charge is 2.27. The van der Waals surface area contributed by atoms with Gasteiger partial charge in [0.15, 0.2) is 0 Å². The SMILES string of the molecule is CC(C)(C)OC(=O)N1CCC=CC[C@H]1CO. The Kier molecular flexibility index (Phi) is 4.35. The molecule has 1 heterocycles. The van der Waals surface area contributed by atoms with E-state index in [9.17, 15) is 9.90 Å². The molecule has 1 rings (SSSR count). The zero-order valence-electron chi connectivity index (χ0n) is 10.3. The molecule has 1 aliphatic rings. The molecule has 0 aliphatic carbocycles. The first-order valence-corrected chi connectivity index (χ1v) is 5.69. The molecule has 0 aromatic heterocycles. The second-order valence-corrected chi connectivity index (χ2v) is 5.01. The molecule has 4 nitrogen and oxygen atoms in total. The molecule has 1 N–H and O–H groups in total. The predicted molar refractivity (Wildman–Crippen MR) is 62.2 cm³/mol. The van der Waals surface area contributed by atoms with E-state index in [2.05, 4.69) is 0 Å². The molecule has 1 amide bonds. The van der Waals surface area contributed by atoms with Gasteiger partial charge in [0.05, 0.1) is 12.6 Å². The van der Waals surface area contributed by atoms with Crippen molar-refractivity contribution in [2.75, 3.05) is 13.2 Å². The molecule has 0 saturated carbocycles. The molecule has 0 spiro atoms. The van der Waals surface area contributed by atoms with Gasteiger partial charge in [-0.1, -0.05) is 12.2 Å². The second kappa shape index (κ2) is 5.34. The predicted octanol–water partition coefficient (Wildman–Crippen LogP) is 1.93. The summed E-state index contributed by atoms with van der Waals surface area (Å²) >= 11 is 0. The fraction of sp³-hybridized carbons (Fsp3) is 0.750. The van der Waals surface area contributed by atoms with Gasteiger partial charge < -0.3 is 14.7 Å². The Morgan fingerprint density at radius 2 is 2.19 bits per heavy atom. The Labute approximate surface area is 96.9 Å². The van der Waals surface area contributed by atoms with Crippen LogP contribution in [-0.4, -0.2) is 40.9 Å². The fourth-order valence-corrected chi connectivity index (χ4v) is 1.63. The molecule has 0 saturated heterocycles. The summed E-state index contributed by atoms with van der Waals surface area (Å²) in [5.41, 5.74) is -0.489. The Bertz CT molecular complexity index is 268. The first-order valence-electron chi connectivity index (χ1n) is 5.69. The summed E-state index contributed by atoms with van der Waals surface area (Å²) in [7, 11) is 0. The molecule has 0 radical (unpaired) electrons. The van der Waals surface area contributed by atoms with Crippen molar-refractivity contribution in [3.05, 3.63) is 12.2 Å². The minimum Gasteiger partial charge on any atom is -0.444 e. The van der Waals surface area contributed by atoms with Gasteiger partial charge in [0.2, 0.25) is 0 Å². The van der Waals surface area contributed by atoms with Crippen molar-refractivity contribution in [1.82, 2.24) is 4.90 Å². The largest absolute Gasteiger partial charge is 0.444 e. The quantitative estimate of drug-likeness (QED) is 0.696. The maximum Gasteiger partial charge on any atom is 0.410 e. The lowest BCUT2D eigenvalue weighted by atomic mass is 10.2. The highest BCUT2D eigenvalue weighted by atomic mass is 16.6. The average molecular weight is 227 g/mol. The van der Waals surface area contributed by atoms with Crippen LogP contribution in [0, 0.1) is 0 Å². The van der Waals surface area contributed by atoms with Crippen LogP contribution < -0.4 is 0 Å². The van der Waals surface area contributed by atoms with Crippen molar-refractivity contribution >= 4 is 6.09 Å². The summed E-state index contributed by atoms with van der Waals surface area (Å²) in [5.74, 6) is 0. The minimum absolute atomic E-state index is 0.0242. The number of carbonyl (C=O) groups excluding carboxylic acids is 1. The molecule has 0 aromatic carbocycles. The molecule has 1 aliphatic heterocycles. The van der Waals surface area contributed by atoms with Gasteiger partial charge in [-0.15, -0.1) is 0 Å². The number of aliphatic hydroxyl groups excluding tert-OH is 1. The van der Waals surface area contributed by atoms with Gasteiger partial charge in [-0.25, -0.2) is 4.79 Å². The van der Waals surface area contributed by atoms with Crippen LogP contribution >= 0.6 is 0 Å². The van der Waals surface area contributed by atoms with Crippen molar-refractivity contribution in [3.63, 3.8) is 0 Å². The standard InChI is InChI=1S/C12H21NO3/c1-12(2,3)16-11(15)13-8-6-4-5-7-10(13)9-14/h4-5,10,14H,6-9H2,1-3H3/t10-/m0/s1. The van der Waals surface area contributed by atoms with Crippen LogP contribution in [0.25, 0.3) is 0 Å². The lowest BCUT2D eigenvalue weighted by Gasteiger charge is -2.31. The number of amides is 1. The summed E-state index contributed by atoms with van der Waals surface area (Å²) in [4.78, 5) is 13.5. The molecular formula is C12H21NO3. The smallest absolute Gasteiger partial charge is 0.410 e. The molecule has 0 fully saturated rings. The first-order chi connectivity index (χ1) is 7.44. The third kappa shape index (κ3) is 3.85. The van der Waals surface area contributed by atoms with Crippen LogP contribution in [0.15, 0.2) is 12.2 Å². The maximum absolute atomic E-state index is 11.9. The van der Waals surface area contributed by atoms with Crippen molar-refractivity contribution in [2.45, 2.75) is 45.3 Å². The van der Waals surface area contributed by atoms with E-state index in [1.54, 1.807) is 4.90 Å². The van der Waals surface area contributed by atoms with Crippen LogP contribution in [0.2, 0.25) is 0 Å².